The van der Waals surface area contributed by atoms with E-state index in [0.29, 0.717) is 23.6 Å². The maximum Gasteiger partial charge on any atom is 0.279 e. The molecule has 3 aromatic carbocycles. The first-order valence-corrected chi connectivity index (χ1v) is 10.9. The fourth-order valence-corrected chi connectivity index (χ4v) is 4.94. The summed E-state index contributed by atoms with van der Waals surface area (Å²) >= 11 is 0. The number of rotatable bonds is 6. The smallest absolute Gasteiger partial charge is 0.279 e. The van der Waals surface area contributed by atoms with E-state index in [1.165, 1.54) is 4.41 Å². The van der Waals surface area contributed by atoms with Gasteiger partial charge < -0.3 is 9.47 Å². The lowest BCUT2D eigenvalue weighted by molar-refractivity contribution is 0.371. The Morgan fingerprint density at radius 2 is 1.43 bits per heavy atom. The van der Waals surface area contributed by atoms with Gasteiger partial charge in [-0.3, -0.25) is 0 Å². The molecule has 3 aromatic rings. The average molecular weight is 423 g/mol. The van der Waals surface area contributed by atoms with Crippen LogP contribution in [0.3, 0.4) is 0 Å². The average Bonchev–Trinajstić information content (AvgIpc) is 3.26. The predicted molar refractivity (Wildman–Crippen MR) is 115 cm³/mol. The molecule has 0 fully saturated rings. The van der Waals surface area contributed by atoms with Gasteiger partial charge in [0.2, 0.25) is 0 Å². The zero-order chi connectivity index (χ0) is 21.1. The second-order valence-corrected chi connectivity index (χ2v) is 8.66. The van der Waals surface area contributed by atoms with Crippen molar-refractivity contribution in [1.82, 2.24) is 4.41 Å². The molecule has 0 amide bonds. The van der Waals surface area contributed by atoms with Gasteiger partial charge in [0.15, 0.2) is 0 Å². The molecule has 154 valence electrons. The molecular weight excluding hydrogens is 400 g/mol. The minimum absolute atomic E-state index is 0.208. The van der Waals surface area contributed by atoms with Crippen LogP contribution in [0.1, 0.15) is 23.6 Å². The summed E-state index contributed by atoms with van der Waals surface area (Å²) in [6.07, 6.45) is 0.437. The largest absolute Gasteiger partial charge is 0.497 e. The number of ether oxygens (including phenoxy) is 2. The maximum absolute atomic E-state index is 13.4. The summed E-state index contributed by atoms with van der Waals surface area (Å²) in [4.78, 5) is 0.208. The van der Waals surface area contributed by atoms with E-state index in [1.54, 1.807) is 50.6 Å². The summed E-state index contributed by atoms with van der Waals surface area (Å²) in [5, 5.41) is 4.57. The highest BCUT2D eigenvalue weighted by molar-refractivity contribution is 7.89. The molecule has 1 heterocycles. The van der Waals surface area contributed by atoms with Crippen molar-refractivity contribution in [3.8, 4) is 11.5 Å². The predicted octanol–water partition coefficient (Wildman–Crippen LogP) is 4.24. The van der Waals surface area contributed by atoms with Crippen molar-refractivity contribution < 1.29 is 17.9 Å². The van der Waals surface area contributed by atoms with E-state index in [9.17, 15) is 8.42 Å². The zero-order valence-corrected chi connectivity index (χ0v) is 17.5. The third kappa shape index (κ3) is 3.76. The normalized spacial score (nSPS) is 16.3. The van der Waals surface area contributed by atoms with Crippen LogP contribution in [0.5, 0.6) is 11.5 Å². The molecule has 6 nitrogen and oxygen atoms in total. The SMILES string of the molecule is COc1cc(OC)cc(C2=NN(S(=O)(=O)c3ccccc3)[C@H](c3ccccc3)C2)c1. The van der Waals surface area contributed by atoms with Crippen LogP contribution in [0.25, 0.3) is 0 Å². The lowest BCUT2D eigenvalue weighted by Crippen LogP contribution is -2.27. The van der Waals surface area contributed by atoms with Gasteiger partial charge >= 0.3 is 0 Å². The second kappa shape index (κ2) is 8.20. The molecule has 0 aliphatic carbocycles. The van der Waals surface area contributed by atoms with Crippen LogP contribution in [-0.4, -0.2) is 32.8 Å². The lowest BCUT2D eigenvalue weighted by atomic mass is 9.99. The van der Waals surface area contributed by atoms with E-state index in [2.05, 4.69) is 5.10 Å². The zero-order valence-electron chi connectivity index (χ0n) is 16.7. The van der Waals surface area contributed by atoms with E-state index in [4.69, 9.17) is 9.47 Å². The molecule has 0 bridgehead atoms. The summed E-state index contributed by atoms with van der Waals surface area (Å²) < 4.78 is 38.8. The topological polar surface area (TPSA) is 68.2 Å². The first-order chi connectivity index (χ1) is 14.5. The molecule has 0 spiro atoms. The minimum Gasteiger partial charge on any atom is -0.497 e. The molecule has 0 saturated carbocycles. The summed E-state index contributed by atoms with van der Waals surface area (Å²) in [7, 11) is -0.670. The third-order valence-corrected chi connectivity index (χ3v) is 6.73. The Morgan fingerprint density at radius 1 is 0.867 bits per heavy atom. The Kier molecular flexibility index (Phi) is 5.46. The van der Waals surface area contributed by atoms with Crippen LogP contribution in [0.2, 0.25) is 0 Å². The molecule has 0 radical (unpaired) electrons. The molecule has 4 rings (SSSR count). The Balaban J connectivity index is 1.82. The van der Waals surface area contributed by atoms with E-state index in [-0.39, 0.29) is 4.90 Å². The Bertz CT molecular complexity index is 1140. The van der Waals surface area contributed by atoms with Gasteiger partial charge in [0, 0.05) is 18.1 Å². The first kappa shape index (κ1) is 20.0. The van der Waals surface area contributed by atoms with Gasteiger partial charge in [-0.05, 0) is 29.8 Å². The highest BCUT2D eigenvalue weighted by atomic mass is 32.2. The van der Waals surface area contributed by atoms with Gasteiger partial charge in [0.05, 0.1) is 30.9 Å². The van der Waals surface area contributed by atoms with Gasteiger partial charge in [-0.1, -0.05) is 48.5 Å². The minimum atomic E-state index is -3.82. The summed E-state index contributed by atoms with van der Waals surface area (Å²) in [5.41, 5.74) is 2.30. The molecule has 0 unspecified atom stereocenters. The monoisotopic (exact) mass is 422 g/mol. The number of sulfonamides is 1. The Labute approximate surface area is 176 Å². The molecule has 1 aliphatic heterocycles. The van der Waals surface area contributed by atoms with Crippen LogP contribution in [0, 0.1) is 0 Å². The van der Waals surface area contributed by atoms with Gasteiger partial charge in [0.1, 0.15) is 11.5 Å². The Morgan fingerprint density at radius 3 is 2.00 bits per heavy atom. The number of hydrazone groups is 1. The van der Waals surface area contributed by atoms with Crippen LogP contribution < -0.4 is 9.47 Å². The van der Waals surface area contributed by atoms with Crippen molar-refractivity contribution in [2.75, 3.05) is 14.2 Å². The molecular formula is C23H22N2O4S. The summed E-state index contributed by atoms with van der Waals surface area (Å²) in [5.74, 6) is 1.24. The van der Waals surface area contributed by atoms with Gasteiger partial charge in [0.25, 0.3) is 10.0 Å². The van der Waals surface area contributed by atoms with Crippen molar-refractivity contribution in [2.24, 2.45) is 5.10 Å². The number of nitrogens with zero attached hydrogens (tertiary/aromatic N) is 2. The number of benzene rings is 3. The van der Waals surface area contributed by atoms with Gasteiger partial charge in [-0.25, -0.2) is 0 Å². The number of hydrogen-bond donors (Lipinski definition) is 0. The van der Waals surface area contributed by atoms with Crippen LogP contribution in [0.15, 0.2) is 88.9 Å². The highest BCUT2D eigenvalue weighted by Crippen LogP contribution is 2.38. The fraction of sp³-hybridized carbons (Fsp3) is 0.174. The van der Waals surface area contributed by atoms with Crippen molar-refractivity contribution in [2.45, 2.75) is 17.4 Å². The lowest BCUT2D eigenvalue weighted by Gasteiger charge is -2.23. The quantitative estimate of drug-likeness (QED) is 0.596. The first-order valence-electron chi connectivity index (χ1n) is 9.48. The van der Waals surface area contributed by atoms with Gasteiger partial charge in [-0.15, -0.1) is 0 Å². The van der Waals surface area contributed by atoms with Crippen molar-refractivity contribution >= 4 is 15.7 Å². The van der Waals surface area contributed by atoms with Crippen LogP contribution in [-0.2, 0) is 10.0 Å². The fourth-order valence-electron chi connectivity index (χ4n) is 3.48. The molecule has 0 N–H and O–H groups in total. The molecule has 1 aliphatic rings. The van der Waals surface area contributed by atoms with E-state index < -0.39 is 16.1 Å². The molecule has 7 heteroatoms. The van der Waals surface area contributed by atoms with Crippen LogP contribution in [0.4, 0.5) is 0 Å². The van der Waals surface area contributed by atoms with Crippen molar-refractivity contribution in [1.29, 1.82) is 0 Å². The molecule has 0 saturated heterocycles. The van der Waals surface area contributed by atoms with Crippen LogP contribution >= 0.6 is 0 Å². The summed E-state index contributed by atoms with van der Waals surface area (Å²) in [6.45, 7) is 0. The maximum atomic E-state index is 13.4. The molecule has 30 heavy (non-hydrogen) atoms. The third-order valence-electron chi connectivity index (χ3n) is 5.03. The number of methoxy groups -OCH3 is 2. The van der Waals surface area contributed by atoms with Crippen molar-refractivity contribution in [3.63, 3.8) is 0 Å². The molecule has 0 aromatic heterocycles. The van der Waals surface area contributed by atoms with E-state index in [0.717, 1.165) is 11.1 Å². The second-order valence-electron chi connectivity index (χ2n) is 6.87. The van der Waals surface area contributed by atoms with E-state index >= 15 is 0 Å². The molecule has 1 atom stereocenters. The van der Waals surface area contributed by atoms with E-state index in [1.807, 2.05) is 42.5 Å². The summed E-state index contributed by atoms with van der Waals surface area (Å²) in [6, 6.07) is 22.9. The Hall–Kier alpha value is -3.32. The highest BCUT2D eigenvalue weighted by Gasteiger charge is 2.37. The number of hydrogen-bond acceptors (Lipinski definition) is 5. The van der Waals surface area contributed by atoms with Gasteiger partial charge in [-0.2, -0.15) is 17.9 Å². The van der Waals surface area contributed by atoms with Crippen molar-refractivity contribution in [3.05, 3.63) is 90.0 Å². The standard InChI is InChI=1S/C23H22N2O4S/c1-28-19-13-18(14-20(15-19)29-2)22-16-23(17-9-5-3-6-10-17)25(24-22)30(26,27)21-11-7-4-8-12-21/h3-15,23H,16H2,1-2H3/t23-/m0/s1.